The number of amides is 1. The van der Waals surface area contributed by atoms with Crippen molar-refractivity contribution in [1.29, 1.82) is 0 Å². The molecule has 2 aromatic carbocycles. The molecule has 1 fully saturated rings. The maximum Gasteiger partial charge on any atom is 0.244 e. The number of aromatic nitrogens is 4. The third-order valence-electron chi connectivity index (χ3n) is 6.32. The van der Waals surface area contributed by atoms with E-state index in [0.717, 1.165) is 38.9 Å². The van der Waals surface area contributed by atoms with Gasteiger partial charge in [-0.15, -0.1) is 0 Å². The lowest BCUT2D eigenvalue weighted by molar-refractivity contribution is -0.127. The van der Waals surface area contributed by atoms with Crippen LogP contribution in [0.5, 0.6) is 0 Å². The Balaban J connectivity index is 1.24. The predicted molar refractivity (Wildman–Crippen MR) is 136 cm³/mol. The Morgan fingerprint density at radius 3 is 2.91 bits per heavy atom. The molecule has 5 aromatic rings. The van der Waals surface area contributed by atoms with Gasteiger partial charge in [-0.2, -0.15) is 0 Å². The Morgan fingerprint density at radius 2 is 2.03 bits per heavy atom. The number of imidazole rings is 1. The van der Waals surface area contributed by atoms with Gasteiger partial charge in [0, 0.05) is 52.5 Å². The Bertz CT molecular complexity index is 1510. The van der Waals surface area contributed by atoms with Crippen LogP contribution in [0.15, 0.2) is 67.1 Å². The summed E-state index contributed by atoms with van der Waals surface area (Å²) in [6.45, 7) is 2.08. The number of nitrogens with zero attached hydrogens (tertiary/aromatic N) is 3. The van der Waals surface area contributed by atoms with Crippen LogP contribution in [-0.2, 0) is 16.1 Å². The molecular formula is C26H23ClN6O2. The minimum Gasteiger partial charge on any atom is -0.378 e. The van der Waals surface area contributed by atoms with Crippen molar-refractivity contribution in [3.05, 3.63) is 77.8 Å². The second kappa shape index (κ2) is 9.14. The highest BCUT2D eigenvalue weighted by Gasteiger charge is 2.30. The number of H-pyrrole nitrogens is 2. The van der Waals surface area contributed by atoms with Gasteiger partial charge in [0.25, 0.3) is 0 Å². The number of carbonyl (C=O) groups is 1. The number of halogens is 1. The molecule has 1 aliphatic rings. The topological polar surface area (TPSA) is 98.9 Å². The van der Waals surface area contributed by atoms with E-state index in [1.54, 1.807) is 18.5 Å². The van der Waals surface area contributed by atoms with E-state index in [2.05, 4.69) is 30.2 Å². The molecule has 0 unspecified atom stereocenters. The molecular weight excluding hydrogens is 464 g/mol. The number of aromatic amines is 2. The van der Waals surface area contributed by atoms with E-state index in [-0.39, 0.29) is 5.91 Å². The van der Waals surface area contributed by atoms with Crippen LogP contribution < -0.4 is 5.32 Å². The standard InChI is InChI=1S/C26H23ClN6O2/c27-17-10-20-19-6-7-28-13-22(19)31-24(20)21(11-17)32-26(34)23-15-35-9-8-33(23)14-18-12-29-25(30-18)16-4-2-1-3-5-16/h1-7,10-13,23,31H,8-9,14-15H2,(H,29,30)(H,32,34)/t23-/m0/s1. The summed E-state index contributed by atoms with van der Waals surface area (Å²) in [6, 6.07) is 15.1. The summed E-state index contributed by atoms with van der Waals surface area (Å²) in [5.41, 5.74) is 4.30. The number of rotatable bonds is 5. The molecule has 3 aromatic heterocycles. The quantitative estimate of drug-likeness (QED) is 0.337. The number of nitrogens with one attached hydrogen (secondary N) is 3. The van der Waals surface area contributed by atoms with Crippen molar-refractivity contribution < 1.29 is 9.53 Å². The molecule has 0 bridgehead atoms. The molecule has 0 spiro atoms. The predicted octanol–water partition coefficient (Wildman–Crippen LogP) is 4.60. The lowest BCUT2D eigenvalue weighted by atomic mass is 10.1. The Hall–Kier alpha value is -3.72. The molecule has 1 amide bonds. The zero-order chi connectivity index (χ0) is 23.8. The van der Waals surface area contributed by atoms with Crippen molar-refractivity contribution in [2.24, 2.45) is 0 Å². The molecule has 0 radical (unpaired) electrons. The minimum absolute atomic E-state index is 0.146. The third kappa shape index (κ3) is 4.27. The fourth-order valence-corrected chi connectivity index (χ4v) is 4.82. The van der Waals surface area contributed by atoms with Crippen molar-refractivity contribution in [3.8, 4) is 11.4 Å². The maximum atomic E-state index is 13.4. The van der Waals surface area contributed by atoms with Gasteiger partial charge in [-0.1, -0.05) is 41.9 Å². The van der Waals surface area contributed by atoms with E-state index in [9.17, 15) is 4.79 Å². The third-order valence-corrected chi connectivity index (χ3v) is 6.54. The summed E-state index contributed by atoms with van der Waals surface area (Å²) in [4.78, 5) is 31.0. The number of carbonyl (C=O) groups excluding carboxylic acids is 1. The SMILES string of the molecule is O=C(Nc1cc(Cl)cc2c1[nH]c1cnccc12)[C@@H]1COCCN1Cc1cnc(-c2ccccc2)[nH]1. The molecule has 176 valence electrons. The lowest BCUT2D eigenvalue weighted by Crippen LogP contribution is -2.51. The molecule has 0 aliphatic carbocycles. The van der Waals surface area contributed by atoms with Crippen LogP contribution in [0.25, 0.3) is 33.2 Å². The molecule has 3 N–H and O–H groups in total. The number of benzene rings is 2. The highest BCUT2D eigenvalue weighted by atomic mass is 35.5. The van der Waals surface area contributed by atoms with E-state index in [4.69, 9.17) is 16.3 Å². The number of pyridine rings is 1. The molecule has 35 heavy (non-hydrogen) atoms. The summed E-state index contributed by atoms with van der Waals surface area (Å²) < 4.78 is 5.67. The molecule has 0 saturated carbocycles. The van der Waals surface area contributed by atoms with Gasteiger partial charge < -0.3 is 20.0 Å². The maximum absolute atomic E-state index is 13.4. The van der Waals surface area contributed by atoms with Crippen molar-refractivity contribution >= 4 is 45.0 Å². The first-order chi connectivity index (χ1) is 17.2. The fourth-order valence-electron chi connectivity index (χ4n) is 4.60. The Labute approximate surface area is 206 Å². The molecule has 1 aliphatic heterocycles. The summed E-state index contributed by atoms with van der Waals surface area (Å²) in [5.74, 6) is 0.664. The second-order valence-corrected chi connectivity index (χ2v) is 9.03. The summed E-state index contributed by atoms with van der Waals surface area (Å²) in [5, 5.41) is 5.57. The molecule has 4 heterocycles. The Morgan fingerprint density at radius 1 is 1.14 bits per heavy atom. The normalized spacial score (nSPS) is 16.7. The first-order valence-electron chi connectivity index (χ1n) is 11.4. The lowest BCUT2D eigenvalue weighted by Gasteiger charge is -2.34. The van der Waals surface area contributed by atoms with E-state index in [1.165, 1.54) is 0 Å². The number of hydrogen-bond acceptors (Lipinski definition) is 5. The van der Waals surface area contributed by atoms with Crippen molar-refractivity contribution in [2.75, 3.05) is 25.1 Å². The van der Waals surface area contributed by atoms with Crippen LogP contribution in [0, 0.1) is 0 Å². The number of morpholine rings is 1. The monoisotopic (exact) mass is 486 g/mol. The van der Waals surface area contributed by atoms with Gasteiger partial charge in [-0.05, 0) is 18.2 Å². The molecule has 6 rings (SSSR count). The average molecular weight is 487 g/mol. The van der Waals surface area contributed by atoms with Crippen LogP contribution in [-0.4, -0.2) is 56.5 Å². The molecule has 9 heteroatoms. The largest absolute Gasteiger partial charge is 0.378 e. The number of ether oxygens (including phenoxy) is 1. The van der Waals surface area contributed by atoms with Gasteiger partial charge in [0.05, 0.1) is 36.1 Å². The number of hydrogen-bond donors (Lipinski definition) is 3. The van der Waals surface area contributed by atoms with Crippen LogP contribution >= 0.6 is 11.6 Å². The van der Waals surface area contributed by atoms with E-state index >= 15 is 0 Å². The van der Waals surface area contributed by atoms with Gasteiger partial charge in [-0.3, -0.25) is 14.7 Å². The fraction of sp³-hybridized carbons (Fsp3) is 0.192. The second-order valence-electron chi connectivity index (χ2n) is 8.60. The van der Waals surface area contributed by atoms with Crippen molar-refractivity contribution in [1.82, 2.24) is 24.8 Å². The summed E-state index contributed by atoms with van der Waals surface area (Å²) in [7, 11) is 0. The highest BCUT2D eigenvalue weighted by Crippen LogP contribution is 2.33. The first kappa shape index (κ1) is 21.8. The molecule has 1 saturated heterocycles. The number of fused-ring (bicyclic) bond motifs is 3. The van der Waals surface area contributed by atoms with Crippen LogP contribution in [0.2, 0.25) is 5.02 Å². The highest BCUT2D eigenvalue weighted by molar-refractivity contribution is 6.33. The van der Waals surface area contributed by atoms with Crippen molar-refractivity contribution in [2.45, 2.75) is 12.6 Å². The van der Waals surface area contributed by atoms with Crippen LogP contribution in [0.1, 0.15) is 5.69 Å². The van der Waals surface area contributed by atoms with E-state index < -0.39 is 6.04 Å². The summed E-state index contributed by atoms with van der Waals surface area (Å²) >= 11 is 6.41. The van der Waals surface area contributed by atoms with Crippen LogP contribution in [0.4, 0.5) is 5.69 Å². The first-order valence-corrected chi connectivity index (χ1v) is 11.8. The van der Waals surface area contributed by atoms with Crippen LogP contribution in [0.3, 0.4) is 0 Å². The molecule has 8 nitrogen and oxygen atoms in total. The van der Waals surface area contributed by atoms with Gasteiger partial charge in [0.15, 0.2) is 0 Å². The van der Waals surface area contributed by atoms with E-state index in [1.807, 2.05) is 48.7 Å². The van der Waals surface area contributed by atoms with Gasteiger partial charge in [0.2, 0.25) is 5.91 Å². The smallest absolute Gasteiger partial charge is 0.244 e. The number of anilines is 1. The zero-order valence-electron chi connectivity index (χ0n) is 18.8. The average Bonchev–Trinajstić information content (AvgIpc) is 3.50. The van der Waals surface area contributed by atoms with E-state index in [0.29, 0.717) is 37.0 Å². The van der Waals surface area contributed by atoms with Gasteiger partial charge in [0.1, 0.15) is 11.9 Å². The Kier molecular flexibility index (Phi) is 5.69. The minimum atomic E-state index is -0.452. The summed E-state index contributed by atoms with van der Waals surface area (Å²) in [6.07, 6.45) is 5.33. The van der Waals surface area contributed by atoms with Gasteiger partial charge in [-0.25, -0.2) is 4.98 Å². The zero-order valence-corrected chi connectivity index (χ0v) is 19.5. The van der Waals surface area contributed by atoms with Crippen molar-refractivity contribution in [3.63, 3.8) is 0 Å². The van der Waals surface area contributed by atoms with Gasteiger partial charge >= 0.3 is 0 Å². The molecule has 1 atom stereocenters.